The lowest BCUT2D eigenvalue weighted by molar-refractivity contribution is 0.417. The summed E-state index contributed by atoms with van der Waals surface area (Å²) in [4.78, 5) is 2.25. The van der Waals surface area contributed by atoms with Gasteiger partial charge in [0.1, 0.15) is 5.75 Å². The molecule has 0 saturated heterocycles. The molecule has 0 aromatic heterocycles. The van der Waals surface area contributed by atoms with Crippen LogP contribution >= 0.6 is 35.6 Å². The first-order valence-electron chi connectivity index (χ1n) is 7.89. The van der Waals surface area contributed by atoms with Crippen LogP contribution in [0.3, 0.4) is 0 Å². The molecule has 26 heavy (non-hydrogen) atoms. The molecule has 0 aliphatic rings. The van der Waals surface area contributed by atoms with Gasteiger partial charge >= 0.3 is 0 Å². The lowest BCUT2D eigenvalue weighted by atomic mass is 10.3. The maximum atomic E-state index is 6.07. The van der Waals surface area contributed by atoms with Gasteiger partial charge in [0, 0.05) is 14.8 Å². The largest absolute Gasteiger partial charge is 0.495 e. The molecular weight excluding hydrogens is 384 g/mol. The number of methoxy groups -OCH3 is 1. The monoisotopic (exact) mass is 400 g/mol. The van der Waals surface area contributed by atoms with Crippen LogP contribution in [0.1, 0.15) is 0 Å². The Balaban J connectivity index is 1.75. The molecule has 0 spiro atoms. The fourth-order valence-electron chi connectivity index (χ4n) is 2.33. The van der Waals surface area contributed by atoms with Crippen molar-refractivity contribution in [1.82, 2.24) is 0 Å². The van der Waals surface area contributed by atoms with E-state index in [9.17, 15) is 0 Å². The highest BCUT2D eigenvalue weighted by molar-refractivity contribution is 7.99. The molecule has 132 valence electrons. The third kappa shape index (κ3) is 4.91. The molecule has 0 heterocycles. The van der Waals surface area contributed by atoms with Gasteiger partial charge in [0.25, 0.3) is 0 Å². The molecule has 3 aromatic rings. The Morgan fingerprint density at radius 3 is 2.38 bits per heavy atom. The molecule has 0 aliphatic heterocycles. The summed E-state index contributed by atoms with van der Waals surface area (Å²) in [6.07, 6.45) is 0. The molecule has 0 aliphatic carbocycles. The Hall–Kier alpha value is -2.21. The van der Waals surface area contributed by atoms with Crippen LogP contribution in [0.25, 0.3) is 0 Å². The van der Waals surface area contributed by atoms with Crippen molar-refractivity contribution in [2.75, 3.05) is 17.7 Å². The average molecular weight is 401 g/mol. The average Bonchev–Trinajstić information content (AvgIpc) is 2.64. The van der Waals surface area contributed by atoms with Gasteiger partial charge in [-0.2, -0.15) is 0 Å². The molecule has 3 aromatic carbocycles. The Labute approximate surface area is 167 Å². The maximum absolute atomic E-state index is 6.07. The number of ether oxygens (including phenoxy) is 1. The Morgan fingerprint density at radius 1 is 0.923 bits per heavy atom. The number of rotatable bonds is 5. The molecule has 0 fully saturated rings. The second-order valence-corrected chi connectivity index (χ2v) is 7.30. The molecule has 6 heteroatoms. The van der Waals surface area contributed by atoms with Crippen LogP contribution in [-0.2, 0) is 0 Å². The van der Waals surface area contributed by atoms with Crippen LogP contribution in [-0.4, -0.2) is 12.2 Å². The Bertz CT molecular complexity index is 903. The van der Waals surface area contributed by atoms with Gasteiger partial charge in [-0.15, -0.1) is 0 Å². The number of anilines is 2. The van der Waals surface area contributed by atoms with Crippen molar-refractivity contribution in [2.45, 2.75) is 9.79 Å². The second-order valence-electron chi connectivity index (χ2n) is 5.34. The van der Waals surface area contributed by atoms with Crippen molar-refractivity contribution < 1.29 is 4.74 Å². The fourth-order valence-corrected chi connectivity index (χ4v) is 3.64. The fraction of sp³-hybridized carbons (Fsp3) is 0.0500. The van der Waals surface area contributed by atoms with Gasteiger partial charge in [-0.1, -0.05) is 53.7 Å². The van der Waals surface area contributed by atoms with E-state index in [-0.39, 0.29) is 0 Å². The summed E-state index contributed by atoms with van der Waals surface area (Å²) < 4.78 is 5.34. The molecule has 0 atom stereocenters. The molecule has 0 saturated carbocycles. The second kappa shape index (κ2) is 8.94. The van der Waals surface area contributed by atoms with Gasteiger partial charge in [0.05, 0.1) is 18.5 Å². The van der Waals surface area contributed by atoms with Gasteiger partial charge in [-0.25, -0.2) is 0 Å². The van der Waals surface area contributed by atoms with E-state index in [0.717, 1.165) is 15.5 Å². The first kappa shape index (κ1) is 18.6. The van der Waals surface area contributed by atoms with Gasteiger partial charge < -0.3 is 15.4 Å². The number of nitrogens with one attached hydrogen (secondary N) is 2. The minimum absolute atomic E-state index is 0.465. The summed E-state index contributed by atoms with van der Waals surface area (Å²) in [5.74, 6) is 0.672. The standard InChI is InChI=1S/C20H17ClN2OS2/c1-24-18-12-11-14(21)13-17(18)23-20(25)22-16-9-5-6-10-19(16)26-15-7-3-2-4-8-15/h2-13H,1H3,(H2,22,23,25). The van der Waals surface area contributed by atoms with Gasteiger partial charge in [-0.05, 0) is 54.7 Å². The maximum Gasteiger partial charge on any atom is 0.175 e. The highest BCUT2D eigenvalue weighted by atomic mass is 35.5. The lowest BCUT2D eigenvalue weighted by Gasteiger charge is -2.15. The number of halogens is 1. The number of thiocarbonyl (C=S) groups is 1. The topological polar surface area (TPSA) is 33.3 Å². The summed E-state index contributed by atoms with van der Waals surface area (Å²) in [5.41, 5.74) is 1.64. The third-order valence-corrected chi connectivity index (χ3v) is 5.04. The Kier molecular flexibility index (Phi) is 6.39. The summed E-state index contributed by atoms with van der Waals surface area (Å²) in [7, 11) is 1.61. The van der Waals surface area contributed by atoms with E-state index in [1.807, 2.05) is 36.4 Å². The lowest BCUT2D eigenvalue weighted by Crippen LogP contribution is -2.19. The quantitative estimate of drug-likeness (QED) is 0.490. The molecule has 0 radical (unpaired) electrons. The van der Waals surface area contributed by atoms with Gasteiger partial charge in [0.2, 0.25) is 0 Å². The summed E-state index contributed by atoms with van der Waals surface area (Å²) in [5, 5.41) is 7.47. The van der Waals surface area contributed by atoms with Crippen LogP contribution < -0.4 is 15.4 Å². The zero-order valence-corrected chi connectivity index (χ0v) is 16.4. The van der Waals surface area contributed by atoms with Crippen LogP contribution in [0.4, 0.5) is 11.4 Å². The van der Waals surface area contributed by atoms with Crippen molar-refractivity contribution >= 4 is 52.1 Å². The Morgan fingerprint density at radius 2 is 1.62 bits per heavy atom. The van der Waals surface area contributed by atoms with E-state index in [1.165, 1.54) is 0 Å². The summed E-state index contributed by atoms with van der Waals surface area (Å²) >= 11 is 13.2. The van der Waals surface area contributed by atoms with E-state index < -0.39 is 0 Å². The molecular formula is C20H17ClN2OS2. The zero-order chi connectivity index (χ0) is 18.4. The van der Waals surface area contributed by atoms with Crippen molar-refractivity contribution in [2.24, 2.45) is 0 Å². The van der Waals surface area contributed by atoms with E-state index in [2.05, 4.69) is 28.8 Å². The first-order chi connectivity index (χ1) is 12.7. The minimum atomic E-state index is 0.465. The molecule has 0 bridgehead atoms. The van der Waals surface area contributed by atoms with Crippen LogP contribution in [0, 0.1) is 0 Å². The molecule has 2 N–H and O–H groups in total. The highest BCUT2D eigenvalue weighted by Gasteiger charge is 2.09. The van der Waals surface area contributed by atoms with Crippen molar-refractivity contribution in [3.05, 3.63) is 77.8 Å². The number of para-hydroxylation sites is 1. The molecule has 3 rings (SSSR count). The van der Waals surface area contributed by atoms with E-state index >= 15 is 0 Å². The number of hydrogen-bond acceptors (Lipinski definition) is 3. The van der Waals surface area contributed by atoms with Crippen molar-refractivity contribution in [3.63, 3.8) is 0 Å². The summed E-state index contributed by atoms with van der Waals surface area (Å²) in [6.45, 7) is 0. The molecule has 3 nitrogen and oxygen atoms in total. The van der Waals surface area contributed by atoms with Gasteiger partial charge in [-0.3, -0.25) is 0 Å². The SMILES string of the molecule is COc1ccc(Cl)cc1NC(=S)Nc1ccccc1Sc1ccccc1. The van der Waals surface area contributed by atoms with Crippen LogP contribution in [0.5, 0.6) is 5.75 Å². The number of hydrogen-bond donors (Lipinski definition) is 2. The van der Waals surface area contributed by atoms with Crippen LogP contribution in [0.15, 0.2) is 82.6 Å². The van der Waals surface area contributed by atoms with Crippen molar-refractivity contribution in [3.8, 4) is 5.75 Å². The summed E-state index contributed by atoms with van der Waals surface area (Å²) in [6, 6.07) is 23.6. The van der Waals surface area contributed by atoms with Crippen molar-refractivity contribution in [1.29, 1.82) is 0 Å². The number of benzene rings is 3. The predicted molar refractivity (Wildman–Crippen MR) is 115 cm³/mol. The van der Waals surface area contributed by atoms with E-state index in [0.29, 0.717) is 21.6 Å². The highest BCUT2D eigenvalue weighted by Crippen LogP contribution is 2.33. The zero-order valence-electron chi connectivity index (χ0n) is 14.0. The van der Waals surface area contributed by atoms with E-state index in [1.54, 1.807) is 37.1 Å². The normalized spacial score (nSPS) is 10.2. The van der Waals surface area contributed by atoms with Gasteiger partial charge in [0.15, 0.2) is 5.11 Å². The molecule has 0 unspecified atom stereocenters. The molecule has 0 amide bonds. The third-order valence-electron chi connectivity index (χ3n) is 3.52. The minimum Gasteiger partial charge on any atom is -0.495 e. The van der Waals surface area contributed by atoms with E-state index in [4.69, 9.17) is 28.6 Å². The predicted octanol–water partition coefficient (Wildman–Crippen LogP) is 6.31. The first-order valence-corrected chi connectivity index (χ1v) is 9.49. The van der Waals surface area contributed by atoms with Crippen LogP contribution in [0.2, 0.25) is 5.02 Å². The smallest absolute Gasteiger partial charge is 0.175 e.